The number of pyridine rings is 1. The van der Waals surface area contributed by atoms with Gasteiger partial charge in [0.2, 0.25) is 0 Å². The number of carbonyl (C=O) groups excluding carboxylic acids is 2. The monoisotopic (exact) mass is 459 g/mol. The third-order valence-electron chi connectivity index (χ3n) is 5.64. The Bertz CT molecular complexity index is 1130. The fourth-order valence-electron chi connectivity index (χ4n) is 3.83. The lowest BCUT2D eigenvalue weighted by Crippen LogP contribution is -2.44. The van der Waals surface area contributed by atoms with Gasteiger partial charge < -0.3 is 25.2 Å². The highest BCUT2D eigenvalue weighted by molar-refractivity contribution is 6.08. The van der Waals surface area contributed by atoms with Gasteiger partial charge in [-0.2, -0.15) is 0 Å². The topological polar surface area (TPSA) is 86.8 Å². The Morgan fingerprint density at radius 3 is 2.59 bits per heavy atom. The Balaban J connectivity index is 1.38. The van der Waals surface area contributed by atoms with Gasteiger partial charge in [0, 0.05) is 57.3 Å². The number of anilines is 2. The first kappa shape index (κ1) is 23.3. The molecule has 0 saturated carbocycles. The number of aryl methyl sites for hydroxylation is 1. The zero-order valence-corrected chi connectivity index (χ0v) is 19.5. The zero-order chi connectivity index (χ0) is 23.9. The maximum absolute atomic E-state index is 13.1. The normalized spacial score (nSPS) is 13.3. The molecule has 2 aromatic carbocycles. The fraction of sp³-hybridized carbons (Fsp3) is 0.269. The number of hydrogen-bond acceptors (Lipinski definition) is 6. The standard InChI is InChI=1S/C26H29N5O3/c1-19-5-10-24(31-14-12-27-13-15-31)23(16-19)25(32)29-21-8-6-20(7-9-21)18-30(2)26(33)34-22-4-3-11-28-17-22/h3-11,16-17,27H,12-15,18H2,1-2H3,(H,29,32). The van der Waals surface area contributed by atoms with Crippen molar-refractivity contribution in [2.45, 2.75) is 13.5 Å². The molecule has 8 nitrogen and oxygen atoms in total. The lowest BCUT2D eigenvalue weighted by Gasteiger charge is -2.31. The quantitative estimate of drug-likeness (QED) is 0.585. The molecule has 1 aliphatic rings. The first-order valence-corrected chi connectivity index (χ1v) is 11.3. The number of aromatic nitrogens is 1. The van der Waals surface area contributed by atoms with Gasteiger partial charge in [0.05, 0.1) is 11.8 Å². The minimum absolute atomic E-state index is 0.137. The zero-order valence-electron chi connectivity index (χ0n) is 19.5. The molecule has 0 unspecified atom stereocenters. The summed E-state index contributed by atoms with van der Waals surface area (Å²) >= 11 is 0. The Hall–Kier alpha value is -3.91. The highest BCUT2D eigenvalue weighted by Crippen LogP contribution is 2.24. The molecule has 2 heterocycles. The van der Waals surface area contributed by atoms with E-state index >= 15 is 0 Å². The van der Waals surface area contributed by atoms with Crippen LogP contribution in [0.2, 0.25) is 0 Å². The van der Waals surface area contributed by atoms with Crippen LogP contribution in [0.1, 0.15) is 21.5 Å². The van der Waals surface area contributed by atoms with Gasteiger partial charge in [-0.1, -0.05) is 23.8 Å². The maximum atomic E-state index is 13.1. The highest BCUT2D eigenvalue weighted by Gasteiger charge is 2.19. The average molecular weight is 460 g/mol. The molecule has 4 rings (SSSR count). The van der Waals surface area contributed by atoms with Gasteiger partial charge in [-0.25, -0.2) is 4.79 Å². The number of benzene rings is 2. The summed E-state index contributed by atoms with van der Waals surface area (Å²) in [6, 6.07) is 16.8. The van der Waals surface area contributed by atoms with E-state index in [1.807, 2.05) is 49.4 Å². The van der Waals surface area contributed by atoms with Gasteiger partial charge in [0.15, 0.2) is 5.75 Å². The van der Waals surface area contributed by atoms with Crippen molar-refractivity contribution in [1.29, 1.82) is 0 Å². The molecule has 0 atom stereocenters. The van der Waals surface area contributed by atoms with E-state index in [0.717, 1.165) is 43.0 Å². The smallest absolute Gasteiger partial charge is 0.409 e. The fourth-order valence-corrected chi connectivity index (χ4v) is 3.83. The molecule has 3 aromatic rings. The second-order valence-electron chi connectivity index (χ2n) is 8.32. The van der Waals surface area contributed by atoms with Crippen molar-refractivity contribution >= 4 is 23.4 Å². The van der Waals surface area contributed by atoms with Crippen LogP contribution in [0, 0.1) is 6.92 Å². The second-order valence-corrected chi connectivity index (χ2v) is 8.32. The van der Waals surface area contributed by atoms with Crippen LogP contribution in [0.5, 0.6) is 5.75 Å². The summed E-state index contributed by atoms with van der Waals surface area (Å²) in [5, 5.41) is 6.35. The molecule has 0 bridgehead atoms. The lowest BCUT2D eigenvalue weighted by atomic mass is 10.1. The molecule has 0 aliphatic carbocycles. The maximum Gasteiger partial charge on any atom is 0.415 e. The largest absolute Gasteiger partial charge is 0.415 e. The van der Waals surface area contributed by atoms with Crippen LogP contribution >= 0.6 is 0 Å². The van der Waals surface area contributed by atoms with Gasteiger partial charge in [0.25, 0.3) is 5.91 Å². The predicted octanol–water partition coefficient (Wildman–Crippen LogP) is 3.68. The molecular weight excluding hydrogens is 430 g/mol. The van der Waals surface area contributed by atoms with Crippen molar-refractivity contribution in [1.82, 2.24) is 15.2 Å². The number of carbonyl (C=O) groups is 2. The van der Waals surface area contributed by atoms with E-state index in [4.69, 9.17) is 4.74 Å². The van der Waals surface area contributed by atoms with Crippen molar-refractivity contribution in [3.63, 3.8) is 0 Å². The minimum atomic E-state index is -0.467. The summed E-state index contributed by atoms with van der Waals surface area (Å²) < 4.78 is 5.30. The first-order valence-electron chi connectivity index (χ1n) is 11.3. The van der Waals surface area contributed by atoms with E-state index in [-0.39, 0.29) is 5.91 Å². The van der Waals surface area contributed by atoms with Crippen molar-refractivity contribution in [2.75, 3.05) is 43.4 Å². The Morgan fingerprint density at radius 1 is 1.12 bits per heavy atom. The van der Waals surface area contributed by atoms with Crippen LogP contribution in [0.3, 0.4) is 0 Å². The third kappa shape index (κ3) is 5.90. The van der Waals surface area contributed by atoms with E-state index in [1.165, 1.54) is 11.1 Å². The Kier molecular flexibility index (Phi) is 7.39. The van der Waals surface area contributed by atoms with E-state index in [2.05, 4.69) is 20.5 Å². The van der Waals surface area contributed by atoms with Crippen LogP contribution in [0.4, 0.5) is 16.2 Å². The Labute approximate surface area is 199 Å². The van der Waals surface area contributed by atoms with E-state index in [1.54, 1.807) is 25.4 Å². The lowest BCUT2D eigenvalue weighted by molar-refractivity contribution is 0.102. The molecule has 0 radical (unpaired) electrons. The molecule has 1 fully saturated rings. The molecule has 8 heteroatoms. The Morgan fingerprint density at radius 2 is 1.88 bits per heavy atom. The molecule has 1 aliphatic heterocycles. The molecule has 1 saturated heterocycles. The van der Waals surface area contributed by atoms with Crippen molar-refractivity contribution in [2.24, 2.45) is 0 Å². The molecule has 2 N–H and O–H groups in total. The third-order valence-corrected chi connectivity index (χ3v) is 5.64. The summed E-state index contributed by atoms with van der Waals surface area (Å²) in [6.45, 7) is 5.91. The summed E-state index contributed by atoms with van der Waals surface area (Å²) in [6.07, 6.45) is 2.64. The number of piperazine rings is 1. The van der Waals surface area contributed by atoms with Crippen LogP contribution < -0.4 is 20.3 Å². The summed E-state index contributed by atoms with van der Waals surface area (Å²) in [7, 11) is 1.67. The molecule has 1 aromatic heterocycles. The van der Waals surface area contributed by atoms with Gasteiger partial charge >= 0.3 is 6.09 Å². The summed E-state index contributed by atoms with van der Waals surface area (Å²) in [4.78, 5) is 33.1. The van der Waals surface area contributed by atoms with Gasteiger partial charge in [-0.15, -0.1) is 0 Å². The van der Waals surface area contributed by atoms with Crippen LogP contribution in [0.25, 0.3) is 0 Å². The number of amides is 2. The van der Waals surface area contributed by atoms with E-state index < -0.39 is 6.09 Å². The number of hydrogen-bond donors (Lipinski definition) is 2. The van der Waals surface area contributed by atoms with Crippen LogP contribution in [-0.2, 0) is 6.54 Å². The van der Waals surface area contributed by atoms with Crippen molar-refractivity contribution < 1.29 is 14.3 Å². The average Bonchev–Trinajstić information content (AvgIpc) is 2.86. The molecule has 0 spiro atoms. The number of nitrogens with zero attached hydrogens (tertiary/aromatic N) is 3. The van der Waals surface area contributed by atoms with E-state index in [0.29, 0.717) is 23.5 Å². The van der Waals surface area contributed by atoms with Crippen LogP contribution in [-0.4, -0.2) is 55.1 Å². The SMILES string of the molecule is Cc1ccc(N2CCNCC2)c(C(=O)Nc2ccc(CN(C)C(=O)Oc3cccnc3)cc2)c1. The summed E-state index contributed by atoms with van der Waals surface area (Å²) in [5.74, 6) is 0.260. The molecular formula is C26H29N5O3. The highest BCUT2D eigenvalue weighted by atomic mass is 16.6. The van der Waals surface area contributed by atoms with Crippen LogP contribution in [0.15, 0.2) is 67.0 Å². The first-order chi connectivity index (χ1) is 16.5. The van der Waals surface area contributed by atoms with E-state index in [9.17, 15) is 9.59 Å². The molecule has 2 amide bonds. The predicted molar refractivity (Wildman–Crippen MR) is 132 cm³/mol. The molecule has 176 valence electrons. The second kappa shape index (κ2) is 10.8. The van der Waals surface area contributed by atoms with Gasteiger partial charge in [-0.05, 0) is 48.9 Å². The van der Waals surface area contributed by atoms with Gasteiger partial charge in [-0.3, -0.25) is 9.78 Å². The summed E-state index contributed by atoms with van der Waals surface area (Å²) in [5.41, 5.74) is 4.28. The number of rotatable bonds is 6. The van der Waals surface area contributed by atoms with Crippen molar-refractivity contribution in [3.8, 4) is 5.75 Å². The number of ether oxygens (including phenoxy) is 1. The van der Waals surface area contributed by atoms with Crippen molar-refractivity contribution in [3.05, 3.63) is 83.7 Å². The minimum Gasteiger partial charge on any atom is -0.409 e. The van der Waals surface area contributed by atoms with Gasteiger partial charge in [0.1, 0.15) is 0 Å². The molecule has 34 heavy (non-hydrogen) atoms. The number of nitrogens with one attached hydrogen (secondary N) is 2.